The number of urea groups is 1. The molecule has 1 heterocycles. The van der Waals surface area contributed by atoms with Crippen LogP contribution >= 0.6 is 0 Å². The Labute approximate surface area is 165 Å². The van der Waals surface area contributed by atoms with Crippen LogP contribution in [0.5, 0.6) is 0 Å². The van der Waals surface area contributed by atoms with Crippen LogP contribution in [-0.2, 0) is 4.79 Å². The Morgan fingerprint density at radius 1 is 1.07 bits per heavy atom. The molecule has 2 aromatic rings. The average Bonchev–Trinajstić information content (AvgIpc) is 2.64. The number of carbonyl (C=O) groups excluding carboxylic acids is 2. The van der Waals surface area contributed by atoms with Gasteiger partial charge in [0.1, 0.15) is 5.92 Å². The van der Waals surface area contributed by atoms with Gasteiger partial charge in [-0.3, -0.25) is 4.79 Å². The van der Waals surface area contributed by atoms with Crippen LogP contribution in [0.25, 0.3) is 0 Å². The highest BCUT2D eigenvalue weighted by molar-refractivity contribution is 6.13. The summed E-state index contributed by atoms with van der Waals surface area (Å²) >= 11 is 0. The first-order chi connectivity index (χ1) is 13.3. The van der Waals surface area contributed by atoms with Gasteiger partial charge in [0.2, 0.25) is 5.91 Å². The quantitative estimate of drug-likeness (QED) is 0.849. The Balaban J connectivity index is 1.92. The van der Waals surface area contributed by atoms with Crippen LogP contribution in [-0.4, -0.2) is 31.7 Å². The van der Waals surface area contributed by atoms with E-state index in [0.717, 1.165) is 28.1 Å². The largest absolute Gasteiger partial charge is 0.378 e. The normalized spacial score (nSPS) is 18.9. The van der Waals surface area contributed by atoms with Gasteiger partial charge >= 0.3 is 6.03 Å². The predicted octanol–water partition coefficient (Wildman–Crippen LogP) is 3.85. The van der Waals surface area contributed by atoms with Crippen molar-refractivity contribution < 1.29 is 9.59 Å². The first-order valence-electron chi connectivity index (χ1n) is 9.28. The van der Waals surface area contributed by atoms with Crippen LogP contribution in [0.15, 0.2) is 47.5 Å². The van der Waals surface area contributed by atoms with Crippen LogP contribution in [0.4, 0.5) is 16.2 Å². The molecule has 2 unspecified atom stereocenters. The van der Waals surface area contributed by atoms with Crippen LogP contribution < -0.4 is 15.5 Å². The Hall–Kier alpha value is -3.15. The molecule has 0 fully saturated rings. The molecule has 0 saturated carbocycles. The second kappa shape index (κ2) is 7.84. The van der Waals surface area contributed by atoms with E-state index in [4.69, 9.17) is 0 Å². The van der Waals surface area contributed by atoms with Gasteiger partial charge in [0, 0.05) is 31.2 Å². The molecule has 6 heteroatoms. The molecule has 2 aromatic carbocycles. The molecule has 2 atom stereocenters. The van der Waals surface area contributed by atoms with Crippen molar-refractivity contribution in [1.82, 2.24) is 5.32 Å². The maximum Gasteiger partial charge on any atom is 0.341 e. The van der Waals surface area contributed by atoms with Crippen molar-refractivity contribution in [2.75, 3.05) is 24.3 Å². The topological polar surface area (TPSA) is 73.8 Å². The average molecular weight is 378 g/mol. The zero-order valence-corrected chi connectivity index (χ0v) is 16.9. The number of nitrogens with zero attached hydrogens (tertiary/aromatic N) is 2. The van der Waals surface area contributed by atoms with Crippen molar-refractivity contribution in [2.24, 2.45) is 10.9 Å². The summed E-state index contributed by atoms with van der Waals surface area (Å²) in [6, 6.07) is 12.8. The van der Waals surface area contributed by atoms with Crippen molar-refractivity contribution >= 4 is 29.0 Å². The van der Waals surface area contributed by atoms with E-state index in [1.165, 1.54) is 0 Å². The van der Waals surface area contributed by atoms with E-state index in [1.54, 1.807) is 6.92 Å². The standard InChI is InChI=1S/C22H26N4O2/c1-13-7-6-8-18(14(13)2)24-21(27)19-15(3)23-22(28)25-20(19)16-9-11-17(12-10-16)26(4)5/h6-12,19-20H,1-5H3,(H,24,27)(H,25,28). The molecule has 3 rings (SSSR count). The number of anilines is 2. The fraction of sp³-hybridized carbons (Fsp3) is 0.318. The van der Waals surface area contributed by atoms with Gasteiger partial charge < -0.3 is 15.5 Å². The maximum atomic E-state index is 13.2. The third kappa shape index (κ3) is 3.91. The van der Waals surface area contributed by atoms with E-state index < -0.39 is 18.0 Å². The minimum Gasteiger partial charge on any atom is -0.378 e. The summed E-state index contributed by atoms with van der Waals surface area (Å²) in [4.78, 5) is 31.2. The highest BCUT2D eigenvalue weighted by Gasteiger charge is 2.37. The predicted molar refractivity (Wildman–Crippen MR) is 113 cm³/mol. The minimum atomic E-state index is -0.581. The van der Waals surface area contributed by atoms with Gasteiger partial charge in [-0.05, 0) is 55.7 Å². The molecule has 2 N–H and O–H groups in total. The van der Waals surface area contributed by atoms with Crippen molar-refractivity contribution in [2.45, 2.75) is 26.8 Å². The first kappa shape index (κ1) is 19.6. The summed E-state index contributed by atoms with van der Waals surface area (Å²) < 4.78 is 0. The lowest BCUT2D eigenvalue weighted by Crippen LogP contribution is -2.45. The zero-order chi connectivity index (χ0) is 20.4. The van der Waals surface area contributed by atoms with E-state index in [0.29, 0.717) is 5.71 Å². The number of amides is 3. The van der Waals surface area contributed by atoms with Gasteiger partial charge in [-0.2, -0.15) is 0 Å². The number of nitrogens with one attached hydrogen (secondary N) is 2. The number of aliphatic imine (C=N–C) groups is 1. The second-order valence-electron chi connectivity index (χ2n) is 7.38. The first-order valence-corrected chi connectivity index (χ1v) is 9.28. The van der Waals surface area contributed by atoms with Gasteiger partial charge in [0.25, 0.3) is 0 Å². The number of hydrogen-bond donors (Lipinski definition) is 2. The highest BCUT2D eigenvalue weighted by Crippen LogP contribution is 2.30. The maximum absolute atomic E-state index is 13.2. The third-order valence-electron chi connectivity index (χ3n) is 5.25. The van der Waals surface area contributed by atoms with Gasteiger partial charge in [0.05, 0.1) is 6.04 Å². The summed E-state index contributed by atoms with van der Waals surface area (Å²) in [6.07, 6.45) is 0. The number of rotatable bonds is 4. The molecule has 3 amide bonds. The lowest BCUT2D eigenvalue weighted by Gasteiger charge is -2.31. The Kier molecular flexibility index (Phi) is 5.49. The number of carbonyl (C=O) groups is 2. The summed E-state index contributed by atoms with van der Waals surface area (Å²) in [6.45, 7) is 5.72. The van der Waals surface area contributed by atoms with Crippen LogP contribution in [0, 0.1) is 19.8 Å². The summed E-state index contributed by atoms with van der Waals surface area (Å²) in [5.74, 6) is -0.764. The number of benzene rings is 2. The Morgan fingerprint density at radius 3 is 2.39 bits per heavy atom. The summed E-state index contributed by atoms with van der Waals surface area (Å²) in [5.41, 5.74) is 5.33. The fourth-order valence-corrected chi connectivity index (χ4v) is 3.41. The number of hydrogen-bond acceptors (Lipinski definition) is 3. The molecular weight excluding hydrogens is 352 g/mol. The zero-order valence-electron chi connectivity index (χ0n) is 16.9. The van der Waals surface area contributed by atoms with Gasteiger partial charge in [-0.25, -0.2) is 9.79 Å². The molecule has 1 aliphatic rings. The molecule has 0 radical (unpaired) electrons. The second-order valence-corrected chi connectivity index (χ2v) is 7.38. The molecule has 1 aliphatic heterocycles. The van der Waals surface area contributed by atoms with Crippen molar-refractivity contribution in [3.63, 3.8) is 0 Å². The van der Waals surface area contributed by atoms with E-state index >= 15 is 0 Å². The van der Waals surface area contributed by atoms with E-state index in [9.17, 15) is 9.59 Å². The van der Waals surface area contributed by atoms with Crippen LogP contribution in [0.2, 0.25) is 0 Å². The third-order valence-corrected chi connectivity index (χ3v) is 5.25. The van der Waals surface area contributed by atoms with Crippen LogP contribution in [0.1, 0.15) is 29.7 Å². The van der Waals surface area contributed by atoms with Gasteiger partial charge in [0.15, 0.2) is 0 Å². The van der Waals surface area contributed by atoms with Gasteiger partial charge in [-0.1, -0.05) is 24.3 Å². The summed E-state index contributed by atoms with van der Waals surface area (Å²) in [7, 11) is 3.93. The van der Waals surface area contributed by atoms with E-state index in [-0.39, 0.29) is 5.91 Å². The lowest BCUT2D eigenvalue weighted by molar-refractivity contribution is -0.118. The Morgan fingerprint density at radius 2 is 1.75 bits per heavy atom. The number of aryl methyl sites for hydroxylation is 1. The highest BCUT2D eigenvalue weighted by atomic mass is 16.2. The fourth-order valence-electron chi connectivity index (χ4n) is 3.41. The van der Waals surface area contributed by atoms with Crippen LogP contribution in [0.3, 0.4) is 0 Å². The molecule has 28 heavy (non-hydrogen) atoms. The monoisotopic (exact) mass is 378 g/mol. The molecular formula is C22H26N4O2. The molecule has 6 nitrogen and oxygen atoms in total. The molecule has 0 aliphatic carbocycles. The molecule has 0 spiro atoms. The van der Waals surface area contributed by atoms with Crippen molar-refractivity contribution in [3.05, 3.63) is 59.2 Å². The Bertz CT molecular complexity index is 932. The molecule has 146 valence electrons. The summed E-state index contributed by atoms with van der Waals surface area (Å²) in [5, 5.41) is 5.87. The molecule has 0 aromatic heterocycles. The lowest BCUT2D eigenvalue weighted by atomic mass is 9.87. The van der Waals surface area contributed by atoms with E-state index in [1.807, 2.05) is 75.3 Å². The molecule has 0 saturated heterocycles. The van der Waals surface area contributed by atoms with E-state index in [2.05, 4.69) is 15.6 Å². The minimum absolute atomic E-state index is 0.184. The SMILES string of the molecule is CC1=NC(=O)NC(c2ccc(N(C)C)cc2)C1C(=O)Nc1cccc(C)c1C. The smallest absolute Gasteiger partial charge is 0.341 e. The van der Waals surface area contributed by atoms with Crippen molar-refractivity contribution in [1.29, 1.82) is 0 Å². The van der Waals surface area contributed by atoms with Gasteiger partial charge in [-0.15, -0.1) is 0 Å². The molecule has 0 bridgehead atoms. The van der Waals surface area contributed by atoms with Crippen molar-refractivity contribution in [3.8, 4) is 0 Å².